The molecule has 0 saturated carbocycles. The summed E-state index contributed by atoms with van der Waals surface area (Å²) in [6, 6.07) is 2.21. The Bertz CT molecular complexity index is 1320. The molecule has 0 aliphatic carbocycles. The number of hydrogen-bond acceptors (Lipinski definition) is 7. The first kappa shape index (κ1) is 27.3. The van der Waals surface area contributed by atoms with Gasteiger partial charge in [-0.25, -0.2) is 14.2 Å². The third-order valence-electron chi connectivity index (χ3n) is 5.28. The molecule has 3 rings (SSSR count). The third-order valence-corrected chi connectivity index (χ3v) is 5.60. The van der Waals surface area contributed by atoms with Gasteiger partial charge >= 0.3 is 11.9 Å². The summed E-state index contributed by atoms with van der Waals surface area (Å²) in [7, 11) is 0. The normalized spacial score (nSPS) is 12.6. The van der Waals surface area contributed by atoms with E-state index in [0.717, 1.165) is 4.57 Å². The summed E-state index contributed by atoms with van der Waals surface area (Å²) in [5.74, 6) is -3.79. The van der Waals surface area contributed by atoms with Crippen LogP contribution in [-0.4, -0.2) is 47.5 Å². The molecule has 0 radical (unpaired) electrons. The number of ether oxygens (including phenoxy) is 1. The molecule has 0 aliphatic heterocycles. The Morgan fingerprint density at radius 3 is 2.61 bits per heavy atom. The highest BCUT2D eigenvalue weighted by molar-refractivity contribution is 6.30. The van der Waals surface area contributed by atoms with Crippen molar-refractivity contribution in [3.05, 3.63) is 62.3 Å². The zero-order valence-corrected chi connectivity index (χ0v) is 20.2. The molecular formula is C22H22ClF4N5O4. The lowest BCUT2D eigenvalue weighted by molar-refractivity contribution is -0.190. The lowest BCUT2D eigenvalue weighted by Gasteiger charge is -2.19. The number of aromatic nitrogens is 5. The molecule has 14 heteroatoms. The molecule has 3 aromatic heterocycles. The van der Waals surface area contributed by atoms with Gasteiger partial charge in [0.2, 0.25) is 5.88 Å². The van der Waals surface area contributed by atoms with E-state index in [0.29, 0.717) is 35.2 Å². The van der Waals surface area contributed by atoms with Crippen molar-refractivity contribution in [2.24, 2.45) is 0 Å². The summed E-state index contributed by atoms with van der Waals surface area (Å²) >= 11 is 6.05. The molecule has 1 N–H and O–H groups in total. The van der Waals surface area contributed by atoms with Gasteiger partial charge in [0.15, 0.2) is 29.3 Å². The van der Waals surface area contributed by atoms with Crippen LogP contribution in [0, 0.1) is 12.7 Å². The van der Waals surface area contributed by atoms with Crippen LogP contribution >= 0.6 is 11.6 Å². The summed E-state index contributed by atoms with van der Waals surface area (Å²) in [5.41, 5.74) is -0.580. The maximum absolute atomic E-state index is 15.2. The van der Waals surface area contributed by atoms with Gasteiger partial charge < -0.3 is 9.84 Å². The lowest BCUT2D eigenvalue weighted by atomic mass is 10.0. The highest BCUT2D eigenvalue weighted by atomic mass is 35.5. The summed E-state index contributed by atoms with van der Waals surface area (Å²) in [6.07, 6.45) is -5.77. The molecule has 0 fully saturated rings. The Hall–Kier alpha value is -3.32. The van der Waals surface area contributed by atoms with Crippen molar-refractivity contribution in [1.82, 2.24) is 24.3 Å². The van der Waals surface area contributed by atoms with Crippen molar-refractivity contribution in [3.8, 4) is 11.7 Å². The van der Waals surface area contributed by atoms with Crippen molar-refractivity contribution in [1.29, 1.82) is 0 Å². The second-order valence-corrected chi connectivity index (χ2v) is 8.22. The molecule has 36 heavy (non-hydrogen) atoms. The summed E-state index contributed by atoms with van der Waals surface area (Å²) < 4.78 is 61.4. The zero-order chi connectivity index (χ0) is 26.8. The molecule has 0 spiro atoms. The SMILES string of the molecule is CCCn1c(CO)nn(-c2nc(O[C@@H](C)C(F)(F)F)c(C(=O)Cc3c(C)ccnc3Cl)cc2F)c1=O. The van der Waals surface area contributed by atoms with Crippen molar-refractivity contribution in [3.63, 3.8) is 0 Å². The maximum Gasteiger partial charge on any atom is 0.425 e. The van der Waals surface area contributed by atoms with Gasteiger partial charge in [-0.3, -0.25) is 9.36 Å². The van der Waals surface area contributed by atoms with E-state index >= 15 is 4.39 Å². The number of aliphatic hydroxyl groups excluding tert-OH is 1. The number of aryl methyl sites for hydroxylation is 1. The van der Waals surface area contributed by atoms with Crippen molar-refractivity contribution >= 4 is 17.4 Å². The second kappa shape index (κ2) is 10.7. The first-order valence-electron chi connectivity index (χ1n) is 10.8. The molecule has 0 aliphatic rings. The van der Waals surface area contributed by atoms with Crippen molar-refractivity contribution < 1.29 is 32.2 Å². The number of nitrogens with zero attached hydrogens (tertiary/aromatic N) is 5. The number of carbonyl (C=O) groups excluding carboxylic acids is 1. The Kier molecular flexibility index (Phi) is 8.14. The third kappa shape index (κ3) is 5.57. The molecule has 9 nitrogen and oxygen atoms in total. The molecule has 194 valence electrons. The number of carbonyl (C=O) groups is 1. The van der Waals surface area contributed by atoms with Crippen LogP contribution in [0.2, 0.25) is 5.15 Å². The van der Waals surface area contributed by atoms with Crippen LogP contribution in [0.3, 0.4) is 0 Å². The predicted molar refractivity (Wildman–Crippen MR) is 120 cm³/mol. The Labute approximate surface area is 207 Å². The summed E-state index contributed by atoms with van der Waals surface area (Å²) in [4.78, 5) is 33.4. The fourth-order valence-electron chi connectivity index (χ4n) is 3.30. The Morgan fingerprint density at radius 1 is 1.33 bits per heavy atom. The molecule has 0 amide bonds. The largest absolute Gasteiger partial charge is 0.464 e. The Balaban J connectivity index is 2.16. The van der Waals surface area contributed by atoms with E-state index < -0.39 is 59.9 Å². The monoisotopic (exact) mass is 531 g/mol. The summed E-state index contributed by atoms with van der Waals surface area (Å²) in [5, 5.41) is 13.3. The van der Waals surface area contributed by atoms with Crippen LogP contribution in [-0.2, 0) is 19.6 Å². The first-order valence-corrected chi connectivity index (χ1v) is 11.1. The van der Waals surface area contributed by atoms with E-state index in [9.17, 15) is 27.9 Å². The molecular weight excluding hydrogens is 510 g/mol. The van der Waals surface area contributed by atoms with Crippen LogP contribution < -0.4 is 10.4 Å². The number of hydrogen-bond donors (Lipinski definition) is 1. The van der Waals surface area contributed by atoms with Gasteiger partial charge in [0.05, 0.1) is 5.56 Å². The van der Waals surface area contributed by atoms with Crippen LogP contribution in [0.4, 0.5) is 17.6 Å². The number of alkyl halides is 3. The van der Waals surface area contributed by atoms with Gasteiger partial charge in [0.25, 0.3) is 0 Å². The van der Waals surface area contributed by atoms with Crippen LogP contribution in [0.25, 0.3) is 5.82 Å². The smallest absolute Gasteiger partial charge is 0.425 e. The lowest BCUT2D eigenvalue weighted by Crippen LogP contribution is -2.32. The number of rotatable bonds is 9. The average molecular weight is 532 g/mol. The van der Waals surface area contributed by atoms with Gasteiger partial charge in [-0.15, -0.1) is 5.10 Å². The topological polar surface area (TPSA) is 112 Å². The Morgan fingerprint density at radius 2 is 2.03 bits per heavy atom. The minimum atomic E-state index is -4.83. The van der Waals surface area contributed by atoms with Gasteiger partial charge in [-0.1, -0.05) is 18.5 Å². The zero-order valence-electron chi connectivity index (χ0n) is 19.4. The second-order valence-electron chi connectivity index (χ2n) is 7.87. The predicted octanol–water partition coefficient (Wildman–Crippen LogP) is 3.58. The molecule has 0 bridgehead atoms. The highest BCUT2D eigenvalue weighted by Gasteiger charge is 2.39. The quantitative estimate of drug-likeness (QED) is 0.255. The molecule has 3 aromatic rings. The fraction of sp³-hybridized carbons (Fsp3) is 0.409. The van der Waals surface area contributed by atoms with E-state index in [1.54, 1.807) is 19.9 Å². The molecule has 3 heterocycles. The van der Waals surface area contributed by atoms with E-state index in [1.807, 2.05) is 0 Å². The van der Waals surface area contributed by atoms with Gasteiger partial charge in [0, 0.05) is 24.7 Å². The maximum atomic E-state index is 15.2. The molecule has 0 saturated heterocycles. The van der Waals surface area contributed by atoms with E-state index in [1.165, 1.54) is 6.20 Å². The van der Waals surface area contributed by atoms with Gasteiger partial charge in [0.1, 0.15) is 11.8 Å². The first-order chi connectivity index (χ1) is 16.9. The standard InChI is InChI=1S/C22H22ClF4N5O4/c1-4-7-31-17(10-33)30-32(21(31)35)19-15(24)8-14(20(29-19)36-12(3)22(25,26)27)16(34)9-13-11(2)5-6-28-18(13)23/h5-6,8,12,33H,4,7,9-10H2,1-3H3/t12-/m0/s1. The molecule has 0 unspecified atom stereocenters. The van der Waals surface area contributed by atoms with Crippen molar-refractivity contribution in [2.45, 2.75) is 59.0 Å². The molecule has 1 atom stereocenters. The number of Topliss-reactive ketones (excluding diaryl/α,β-unsaturated/α-hetero) is 1. The van der Waals surface area contributed by atoms with Crippen LogP contribution in [0.15, 0.2) is 23.1 Å². The minimum Gasteiger partial charge on any atom is -0.464 e. The van der Waals surface area contributed by atoms with Gasteiger partial charge in [-0.05, 0) is 38.0 Å². The summed E-state index contributed by atoms with van der Waals surface area (Å²) in [6.45, 7) is 3.59. The number of aliphatic hydroxyl groups is 1. The van der Waals surface area contributed by atoms with Gasteiger partial charge in [-0.2, -0.15) is 22.8 Å². The minimum absolute atomic E-state index is 0.00378. The molecule has 0 aromatic carbocycles. The highest BCUT2D eigenvalue weighted by Crippen LogP contribution is 2.29. The number of halogens is 5. The average Bonchev–Trinajstić information content (AvgIpc) is 3.12. The number of ketones is 1. The van der Waals surface area contributed by atoms with E-state index in [4.69, 9.17) is 16.3 Å². The van der Waals surface area contributed by atoms with Crippen LogP contribution in [0.1, 0.15) is 47.6 Å². The van der Waals surface area contributed by atoms with E-state index in [2.05, 4.69) is 15.1 Å². The number of pyridine rings is 2. The van der Waals surface area contributed by atoms with E-state index in [-0.39, 0.29) is 17.5 Å². The van der Waals surface area contributed by atoms with Crippen molar-refractivity contribution in [2.75, 3.05) is 0 Å². The van der Waals surface area contributed by atoms with Crippen LogP contribution in [0.5, 0.6) is 5.88 Å². The fourth-order valence-corrected chi connectivity index (χ4v) is 3.57.